The lowest BCUT2D eigenvalue weighted by Crippen LogP contribution is -2.31. The van der Waals surface area contributed by atoms with Crippen LogP contribution < -0.4 is 15.1 Å². The molecule has 26 heavy (non-hydrogen) atoms. The molecule has 8 nitrogen and oxygen atoms in total. The molecular weight excluding hydrogens is 332 g/mol. The third kappa shape index (κ3) is 3.95. The maximum atomic E-state index is 12.5. The minimum absolute atomic E-state index is 0.142. The van der Waals surface area contributed by atoms with Crippen molar-refractivity contribution < 1.29 is 9.32 Å². The third-order valence-corrected chi connectivity index (χ3v) is 4.61. The molecule has 0 aromatic carbocycles. The van der Waals surface area contributed by atoms with Crippen molar-refractivity contribution in [1.29, 1.82) is 0 Å². The van der Waals surface area contributed by atoms with Crippen LogP contribution in [0.3, 0.4) is 0 Å². The van der Waals surface area contributed by atoms with Crippen LogP contribution in [0.1, 0.15) is 36.3 Å². The largest absolute Gasteiger partial charge is 0.361 e. The van der Waals surface area contributed by atoms with Gasteiger partial charge in [0, 0.05) is 32.7 Å². The molecule has 2 aromatic heterocycles. The number of nitrogens with zero attached hydrogens (tertiary/aromatic N) is 5. The van der Waals surface area contributed by atoms with E-state index in [0.717, 1.165) is 43.1 Å². The smallest absolute Gasteiger partial charge is 0.229 e. The Labute approximate surface area is 153 Å². The lowest BCUT2D eigenvalue weighted by molar-refractivity contribution is -0.115. The predicted octanol–water partition coefficient (Wildman–Crippen LogP) is 2.32. The molecule has 8 heteroatoms. The summed E-state index contributed by atoms with van der Waals surface area (Å²) < 4.78 is 5.12. The highest BCUT2D eigenvalue weighted by molar-refractivity contribution is 5.95. The van der Waals surface area contributed by atoms with E-state index in [1.54, 1.807) is 6.20 Å². The molecule has 0 bridgehead atoms. The quantitative estimate of drug-likeness (QED) is 0.877. The molecule has 3 rings (SSSR count). The summed E-state index contributed by atoms with van der Waals surface area (Å²) in [5.74, 6) is 1.95. The number of anilines is 3. The number of amides is 1. The number of rotatable bonds is 5. The van der Waals surface area contributed by atoms with Crippen LogP contribution in [0.4, 0.5) is 17.5 Å². The molecule has 1 aliphatic heterocycles. The third-order valence-electron chi connectivity index (χ3n) is 4.61. The van der Waals surface area contributed by atoms with Gasteiger partial charge in [-0.1, -0.05) is 5.16 Å². The van der Waals surface area contributed by atoms with E-state index in [1.165, 1.54) is 6.42 Å². The highest BCUT2D eigenvalue weighted by atomic mass is 16.5. The molecule has 1 aliphatic rings. The summed E-state index contributed by atoms with van der Waals surface area (Å²) in [6.45, 7) is 5.60. The van der Waals surface area contributed by atoms with E-state index in [-0.39, 0.29) is 12.3 Å². The van der Waals surface area contributed by atoms with Crippen molar-refractivity contribution >= 4 is 23.4 Å². The van der Waals surface area contributed by atoms with Crippen molar-refractivity contribution in [3.8, 4) is 0 Å². The molecule has 0 aliphatic carbocycles. The van der Waals surface area contributed by atoms with Gasteiger partial charge in [0.15, 0.2) is 5.82 Å². The second-order valence-corrected chi connectivity index (χ2v) is 6.88. The van der Waals surface area contributed by atoms with Crippen molar-refractivity contribution in [3.05, 3.63) is 23.2 Å². The summed E-state index contributed by atoms with van der Waals surface area (Å²) in [6, 6.07) is 0. The molecule has 0 spiro atoms. The van der Waals surface area contributed by atoms with Crippen LogP contribution in [0.5, 0.6) is 0 Å². The predicted molar refractivity (Wildman–Crippen MR) is 101 cm³/mol. The maximum absolute atomic E-state index is 12.5. The van der Waals surface area contributed by atoms with Gasteiger partial charge >= 0.3 is 0 Å². The number of aryl methyl sites for hydroxylation is 2. The number of nitrogens with one attached hydrogen (secondary N) is 1. The first-order chi connectivity index (χ1) is 12.5. The molecule has 1 amide bonds. The van der Waals surface area contributed by atoms with E-state index in [9.17, 15) is 4.79 Å². The monoisotopic (exact) mass is 358 g/mol. The lowest BCUT2D eigenvalue weighted by atomic mass is 10.1. The zero-order valence-corrected chi connectivity index (χ0v) is 15.9. The van der Waals surface area contributed by atoms with Crippen LogP contribution in [-0.2, 0) is 11.2 Å². The molecule has 1 fully saturated rings. The van der Waals surface area contributed by atoms with Crippen molar-refractivity contribution in [3.63, 3.8) is 0 Å². The standard InChI is InChI=1S/C18H26N6O2/c1-12-14(13(2)26-22-12)10-16(25)20-15-11-19-18(21-17(15)23(3)4)24-8-6-5-7-9-24/h11H,5-10H2,1-4H3,(H,20,25). The maximum Gasteiger partial charge on any atom is 0.229 e. The Morgan fingerprint density at radius 2 is 2.00 bits per heavy atom. The Kier molecular flexibility index (Phi) is 5.39. The van der Waals surface area contributed by atoms with Gasteiger partial charge in [-0.15, -0.1) is 0 Å². The van der Waals surface area contributed by atoms with Gasteiger partial charge in [0.05, 0.1) is 18.3 Å². The molecule has 1 saturated heterocycles. The minimum Gasteiger partial charge on any atom is -0.361 e. The van der Waals surface area contributed by atoms with E-state index >= 15 is 0 Å². The number of hydrogen-bond acceptors (Lipinski definition) is 7. The van der Waals surface area contributed by atoms with Crippen LogP contribution in [-0.4, -0.2) is 48.2 Å². The average molecular weight is 358 g/mol. The second-order valence-electron chi connectivity index (χ2n) is 6.88. The van der Waals surface area contributed by atoms with Crippen LogP contribution in [0.25, 0.3) is 0 Å². The topological polar surface area (TPSA) is 87.4 Å². The zero-order chi connectivity index (χ0) is 18.7. The van der Waals surface area contributed by atoms with Gasteiger partial charge in [0.2, 0.25) is 11.9 Å². The molecule has 1 N–H and O–H groups in total. The Bertz CT molecular complexity index is 760. The number of carbonyl (C=O) groups excluding carboxylic acids is 1. The van der Waals surface area contributed by atoms with Crippen LogP contribution in [0.2, 0.25) is 0 Å². The van der Waals surface area contributed by atoms with E-state index in [4.69, 9.17) is 4.52 Å². The van der Waals surface area contributed by atoms with E-state index in [2.05, 4.69) is 25.3 Å². The molecule has 0 atom stereocenters. The molecule has 0 unspecified atom stereocenters. The van der Waals surface area contributed by atoms with Crippen LogP contribution >= 0.6 is 0 Å². The lowest BCUT2D eigenvalue weighted by Gasteiger charge is -2.28. The van der Waals surface area contributed by atoms with Crippen LogP contribution in [0, 0.1) is 13.8 Å². The van der Waals surface area contributed by atoms with Crippen LogP contribution in [0.15, 0.2) is 10.7 Å². The zero-order valence-electron chi connectivity index (χ0n) is 15.9. The van der Waals surface area contributed by atoms with Gasteiger partial charge in [0.1, 0.15) is 11.4 Å². The van der Waals surface area contributed by atoms with Gasteiger partial charge in [-0.3, -0.25) is 4.79 Å². The van der Waals surface area contributed by atoms with Gasteiger partial charge in [-0.05, 0) is 33.1 Å². The van der Waals surface area contributed by atoms with Gasteiger partial charge < -0.3 is 19.6 Å². The molecular formula is C18H26N6O2. The van der Waals surface area contributed by atoms with Crippen molar-refractivity contribution in [2.75, 3.05) is 42.3 Å². The van der Waals surface area contributed by atoms with E-state index in [1.807, 2.05) is 32.8 Å². The molecule has 140 valence electrons. The summed E-state index contributed by atoms with van der Waals surface area (Å²) in [5.41, 5.74) is 2.16. The first kappa shape index (κ1) is 18.2. The summed E-state index contributed by atoms with van der Waals surface area (Å²) in [6.07, 6.45) is 5.49. The Morgan fingerprint density at radius 1 is 1.27 bits per heavy atom. The summed E-state index contributed by atoms with van der Waals surface area (Å²) >= 11 is 0. The number of piperidine rings is 1. The van der Waals surface area contributed by atoms with E-state index in [0.29, 0.717) is 17.3 Å². The van der Waals surface area contributed by atoms with Gasteiger partial charge in [0.25, 0.3) is 0 Å². The Hall–Kier alpha value is -2.64. The first-order valence-electron chi connectivity index (χ1n) is 8.96. The highest BCUT2D eigenvalue weighted by Crippen LogP contribution is 2.25. The SMILES string of the molecule is Cc1noc(C)c1CC(=O)Nc1cnc(N2CCCCC2)nc1N(C)C. The van der Waals surface area contributed by atoms with E-state index < -0.39 is 0 Å². The normalized spacial score (nSPS) is 14.4. The molecule has 3 heterocycles. The first-order valence-corrected chi connectivity index (χ1v) is 8.96. The fraction of sp³-hybridized carbons (Fsp3) is 0.556. The molecule has 0 radical (unpaired) electrons. The van der Waals surface area contributed by atoms with Gasteiger partial charge in [-0.2, -0.15) is 4.98 Å². The number of hydrogen-bond donors (Lipinski definition) is 1. The summed E-state index contributed by atoms with van der Waals surface area (Å²) in [4.78, 5) is 25.7. The van der Waals surface area contributed by atoms with Crippen molar-refractivity contribution in [2.45, 2.75) is 39.5 Å². The molecule has 0 saturated carbocycles. The van der Waals surface area contributed by atoms with Crippen molar-refractivity contribution in [2.24, 2.45) is 0 Å². The summed E-state index contributed by atoms with van der Waals surface area (Å²) in [5, 5.41) is 6.81. The summed E-state index contributed by atoms with van der Waals surface area (Å²) in [7, 11) is 3.82. The highest BCUT2D eigenvalue weighted by Gasteiger charge is 2.19. The minimum atomic E-state index is -0.142. The Morgan fingerprint density at radius 3 is 2.62 bits per heavy atom. The Balaban J connectivity index is 1.77. The number of aromatic nitrogens is 3. The molecule has 2 aromatic rings. The second kappa shape index (κ2) is 7.72. The fourth-order valence-electron chi connectivity index (χ4n) is 3.15. The van der Waals surface area contributed by atoms with Gasteiger partial charge in [-0.25, -0.2) is 4.98 Å². The fourth-order valence-corrected chi connectivity index (χ4v) is 3.15. The average Bonchev–Trinajstić information content (AvgIpc) is 2.94. The number of carbonyl (C=O) groups is 1. The van der Waals surface area contributed by atoms with Crippen molar-refractivity contribution in [1.82, 2.24) is 15.1 Å².